The molecule has 2 heteroatoms. The van der Waals surface area contributed by atoms with E-state index in [1.807, 2.05) is 0 Å². The third kappa shape index (κ3) is 2.01. The predicted octanol–water partition coefficient (Wildman–Crippen LogP) is 1.74. The maximum absolute atomic E-state index is 10.5. The van der Waals surface area contributed by atoms with Gasteiger partial charge in [0.05, 0.1) is 0 Å². The summed E-state index contributed by atoms with van der Waals surface area (Å²) in [6.07, 6.45) is 3.65. The molecule has 0 spiro atoms. The molecule has 0 aliphatic heterocycles. The molecule has 0 aromatic rings. The van der Waals surface area contributed by atoms with E-state index in [9.17, 15) is 4.79 Å². The summed E-state index contributed by atoms with van der Waals surface area (Å²) in [5.74, 6) is 0.535. The van der Waals surface area contributed by atoms with Crippen LogP contribution in [-0.2, 0) is 9.53 Å². The normalized spacial score (nSPS) is 20.2. The highest BCUT2D eigenvalue weighted by atomic mass is 16.5. The van der Waals surface area contributed by atoms with Crippen LogP contribution in [0.1, 0.15) is 33.1 Å². The van der Waals surface area contributed by atoms with Crippen molar-refractivity contribution in [2.45, 2.75) is 39.2 Å². The molecule has 0 bridgehead atoms. The average molecular weight is 142 g/mol. The molecule has 0 amide bonds. The highest BCUT2D eigenvalue weighted by molar-refractivity contribution is 5.66. The largest absolute Gasteiger partial charge is 0.462 e. The number of ether oxygens (including phenoxy) is 1. The van der Waals surface area contributed by atoms with E-state index in [0.29, 0.717) is 5.92 Å². The van der Waals surface area contributed by atoms with Crippen LogP contribution >= 0.6 is 0 Å². The van der Waals surface area contributed by atoms with Crippen LogP contribution in [-0.4, -0.2) is 12.1 Å². The molecule has 10 heavy (non-hydrogen) atoms. The van der Waals surface area contributed by atoms with Gasteiger partial charge in [-0.2, -0.15) is 0 Å². The minimum absolute atomic E-state index is 0.140. The predicted molar refractivity (Wildman–Crippen MR) is 38.6 cm³/mol. The highest BCUT2D eigenvalue weighted by Gasteiger charge is 2.31. The Morgan fingerprint density at radius 2 is 2.30 bits per heavy atom. The number of esters is 1. The number of hydrogen-bond acceptors (Lipinski definition) is 2. The summed E-state index contributed by atoms with van der Waals surface area (Å²) in [7, 11) is 0. The van der Waals surface area contributed by atoms with E-state index in [1.165, 1.54) is 19.8 Å². The minimum Gasteiger partial charge on any atom is -0.462 e. The van der Waals surface area contributed by atoms with Crippen LogP contribution in [0.2, 0.25) is 0 Å². The third-order valence-corrected chi connectivity index (χ3v) is 1.87. The molecule has 1 aliphatic carbocycles. The quantitative estimate of drug-likeness (QED) is 0.561. The Bertz CT molecular complexity index is 127. The van der Waals surface area contributed by atoms with Crippen LogP contribution in [0.15, 0.2) is 0 Å². The van der Waals surface area contributed by atoms with Crippen molar-refractivity contribution in [3.8, 4) is 0 Å². The van der Waals surface area contributed by atoms with Crippen molar-refractivity contribution < 1.29 is 9.53 Å². The number of rotatable bonds is 3. The lowest BCUT2D eigenvalue weighted by Gasteiger charge is -2.12. The zero-order chi connectivity index (χ0) is 7.56. The summed E-state index contributed by atoms with van der Waals surface area (Å²) in [6, 6.07) is 0. The molecule has 58 valence electrons. The van der Waals surface area contributed by atoms with E-state index < -0.39 is 0 Å². The molecule has 1 aliphatic rings. The lowest BCUT2D eigenvalue weighted by molar-refractivity contribution is -0.147. The van der Waals surface area contributed by atoms with E-state index in [-0.39, 0.29) is 12.1 Å². The van der Waals surface area contributed by atoms with Gasteiger partial charge in [0.1, 0.15) is 6.10 Å². The van der Waals surface area contributed by atoms with Gasteiger partial charge in [0.15, 0.2) is 0 Å². The summed E-state index contributed by atoms with van der Waals surface area (Å²) in [5.41, 5.74) is 0. The number of hydrogen-bond donors (Lipinski definition) is 0. The van der Waals surface area contributed by atoms with E-state index in [0.717, 1.165) is 6.42 Å². The fourth-order valence-electron chi connectivity index (χ4n) is 1.19. The highest BCUT2D eigenvalue weighted by Crippen LogP contribution is 2.35. The molecule has 0 radical (unpaired) electrons. The molecule has 1 rings (SSSR count). The molecule has 0 saturated heterocycles. The van der Waals surface area contributed by atoms with Crippen LogP contribution in [0.3, 0.4) is 0 Å². The van der Waals surface area contributed by atoms with E-state index >= 15 is 0 Å². The Labute approximate surface area is 61.6 Å². The molecule has 1 saturated carbocycles. The molecule has 0 heterocycles. The minimum atomic E-state index is -0.140. The van der Waals surface area contributed by atoms with Crippen LogP contribution < -0.4 is 0 Å². The van der Waals surface area contributed by atoms with Crippen molar-refractivity contribution >= 4 is 5.97 Å². The van der Waals surface area contributed by atoms with Crippen LogP contribution in [0.5, 0.6) is 0 Å². The zero-order valence-corrected chi connectivity index (χ0v) is 6.59. The molecule has 0 aromatic heterocycles. The molecule has 2 nitrogen and oxygen atoms in total. The topological polar surface area (TPSA) is 26.3 Å². The fraction of sp³-hybridized carbons (Fsp3) is 0.875. The van der Waals surface area contributed by atoms with Gasteiger partial charge in [-0.1, -0.05) is 6.92 Å². The van der Waals surface area contributed by atoms with Crippen molar-refractivity contribution in [1.82, 2.24) is 0 Å². The molecule has 1 unspecified atom stereocenters. The van der Waals surface area contributed by atoms with Crippen molar-refractivity contribution in [2.24, 2.45) is 5.92 Å². The Morgan fingerprint density at radius 3 is 2.60 bits per heavy atom. The molecule has 1 atom stereocenters. The van der Waals surface area contributed by atoms with Gasteiger partial charge in [0, 0.05) is 6.92 Å². The number of carbonyl (C=O) groups is 1. The van der Waals surface area contributed by atoms with Gasteiger partial charge in [-0.3, -0.25) is 4.79 Å². The van der Waals surface area contributed by atoms with Crippen LogP contribution in [0.25, 0.3) is 0 Å². The summed E-state index contributed by atoms with van der Waals surface area (Å²) in [4.78, 5) is 10.5. The first-order valence-electron chi connectivity index (χ1n) is 3.91. The van der Waals surface area contributed by atoms with Gasteiger partial charge in [-0.05, 0) is 25.2 Å². The SMILES string of the molecule is CCC(OC(C)=O)C1CC1. The van der Waals surface area contributed by atoms with Gasteiger partial charge in [0.25, 0.3) is 0 Å². The van der Waals surface area contributed by atoms with Gasteiger partial charge < -0.3 is 4.74 Å². The van der Waals surface area contributed by atoms with Gasteiger partial charge in [0.2, 0.25) is 0 Å². The second kappa shape index (κ2) is 3.04. The summed E-state index contributed by atoms with van der Waals surface area (Å²) < 4.78 is 5.08. The van der Waals surface area contributed by atoms with Crippen molar-refractivity contribution in [2.75, 3.05) is 0 Å². The fourth-order valence-corrected chi connectivity index (χ4v) is 1.19. The summed E-state index contributed by atoms with van der Waals surface area (Å²) in [6.45, 7) is 3.54. The lowest BCUT2D eigenvalue weighted by atomic mass is 10.2. The third-order valence-electron chi connectivity index (χ3n) is 1.87. The molecule has 1 fully saturated rings. The summed E-state index contributed by atoms with van der Waals surface area (Å²) >= 11 is 0. The Hall–Kier alpha value is -0.530. The van der Waals surface area contributed by atoms with Crippen LogP contribution in [0, 0.1) is 5.92 Å². The Balaban J connectivity index is 2.25. The van der Waals surface area contributed by atoms with Crippen molar-refractivity contribution in [3.05, 3.63) is 0 Å². The van der Waals surface area contributed by atoms with E-state index in [4.69, 9.17) is 4.74 Å². The van der Waals surface area contributed by atoms with E-state index in [1.54, 1.807) is 0 Å². The van der Waals surface area contributed by atoms with Crippen molar-refractivity contribution in [3.63, 3.8) is 0 Å². The van der Waals surface area contributed by atoms with Gasteiger partial charge >= 0.3 is 5.97 Å². The standard InChI is InChI=1S/C8H14O2/c1-3-8(7-4-5-7)10-6(2)9/h7-8H,3-5H2,1-2H3. The number of carbonyl (C=O) groups excluding carboxylic acids is 1. The molecular weight excluding hydrogens is 128 g/mol. The van der Waals surface area contributed by atoms with Crippen molar-refractivity contribution in [1.29, 1.82) is 0 Å². The maximum atomic E-state index is 10.5. The molecule has 0 aromatic carbocycles. The first-order valence-corrected chi connectivity index (χ1v) is 3.91. The summed E-state index contributed by atoms with van der Waals surface area (Å²) in [5, 5.41) is 0. The average Bonchev–Trinajstić information content (AvgIpc) is 2.63. The Morgan fingerprint density at radius 1 is 1.70 bits per heavy atom. The van der Waals surface area contributed by atoms with Crippen LogP contribution in [0.4, 0.5) is 0 Å². The van der Waals surface area contributed by atoms with E-state index in [2.05, 4.69) is 6.92 Å². The lowest BCUT2D eigenvalue weighted by Crippen LogP contribution is -2.16. The van der Waals surface area contributed by atoms with Gasteiger partial charge in [-0.15, -0.1) is 0 Å². The van der Waals surface area contributed by atoms with Gasteiger partial charge in [-0.25, -0.2) is 0 Å². The second-order valence-corrected chi connectivity index (χ2v) is 2.89. The molecular formula is C8H14O2. The second-order valence-electron chi connectivity index (χ2n) is 2.89. The Kier molecular flexibility index (Phi) is 2.30. The zero-order valence-electron chi connectivity index (χ0n) is 6.59. The first kappa shape index (κ1) is 7.58. The smallest absolute Gasteiger partial charge is 0.302 e. The first-order chi connectivity index (χ1) is 4.74. The maximum Gasteiger partial charge on any atom is 0.302 e. The molecule has 0 N–H and O–H groups in total. The monoisotopic (exact) mass is 142 g/mol.